The minimum atomic E-state index is -0.0450. The highest BCUT2D eigenvalue weighted by atomic mass is 16.5. The Morgan fingerprint density at radius 1 is 1.38 bits per heavy atom. The van der Waals surface area contributed by atoms with E-state index in [0.29, 0.717) is 6.04 Å². The molecule has 0 aliphatic carbocycles. The summed E-state index contributed by atoms with van der Waals surface area (Å²) in [7, 11) is 0. The predicted octanol–water partition coefficient (Wildman–Crippen LogP) is 2.17. The van der Waals surface area contributed by atoms with Crippen molar-refractivity contribution in [3.05, 3.63) is 48.1 Å². The largest absolute Gasteiger partial charge is 0.343 e. The summed E-state index contributed by atoms with van der Waals surface area (Å²) in [6, 6.07) is 11.1. The zero-order chi connectivity index (χ0) is 14.7. The average molecular weight is 286 g/mol. The van der Waals surface area contributed by atoms with Gasteiger partial charge in [-0.3, -0.25) is 4.90 Å². The fourth-order valence-electron chi connectivity index (χ4n) is 3.09. The number of piperazine rings is 1. The molecule has 0 bridgehead atoms. The van der Waals surface area contributed by atoms with Crippen LogP contribution in [0.3, 0.4) is 0 Å². The van der Waals surface area contributed by atoms with Gasteiger partial charge in [0.1, 0.15) is 0 Å². The highest BCUT2D eigenvalue weighted by molar-refractivity contribution is 5.25. The van der Waals surface area contributed by atoms with Crippen LogP contribution in [0, 0.1) is 0 Å². The maximum Gasteiger partial charge on any atom is 0.213 e. The van der Waals surface area contributed by atoms with E-state index >= 15 is 0 Å². The first-order valence-corrected chi connectivity index (χ1v) is 7.51. The maximum absolute atomic E-state index is 4.86. The van der Waals surface area contributed by atoms with Gasteiger partial charge in [0, 0.05) is 19.1 Å². The number of benzene rings is 1. The van der Waals surface area contributed by atoms with Crippen molar-refractivity contribution in [2.45, 2.75) is 38.4 Å². The molecule has 1 saturated heterocycles. The van der Waals surface area contributed by atoms with Crippen molar-refractivity contribution in [3.8, 4) is 0 Å². The average Bonchev–Trinajstić information content (AvgIpc) is 3.01. The zero-order valence-electron chi connectivity index (χ0n) is 12.6. The van der Waals surface area contributed by atoms with Crippen molar-refractivity contribution in [3.63, 3.8) is 0 Å². The Balaban J connectivity index is 1.80. The van der Waals surface area contributed by atoms with Crippen LogP contribution in [0.4, 0.5) is 0 Å². The maximum atomic E-state index is 4.86. The Morgan fingerprint density at radius 2 is 2.19 bits per heavy atom. The van der Waals surface area contributed by atoms with Crippen LogP contribution in [-0.2, 0) is 12.1 Å². The first-order valence-electron chi connectivity index (χ1n) is 7.51. The molecule has 112 valence electrons. The van der Waals surface area contributed by atoms with Crippen LogP contribution >= 0.6 is 0 Å². The quantitative estimate of drug-likeness (QED) is 0.933. The van der Waals surface area contributed by atoms with Crippen LogP contribution < -0.4 is 5.32 Å². The molecule has 5 heteroatoms. The van der Waals surface area contributed by atoms with E-state index in [9.17, 15) is 0 Å². The van der Waals surface area contributed by atoms with Crippen LogP contribution in [0.1, 0.15) is 31.7 Å². The van der Waals surface area contributed by atoms with Gasteiger partial charge in [-0.05, 0) is 18.9 Å². The lowest BCUT2D eigenvalue weighted by Crippen LogP contribution is -2.60. The Bertz CT molecular complexity index is 557. The van der Waals surface area contributed by atoms with Crippen molar-refractivity contribution >= 4 is 0 Å². The Kier molecular flexibility index (Phi) is 4.03. The molecule has 0 amide bonds. The third kappa shape index (κ3) is 2.99. The Hall–Kier alpha value is -1.72. The minimum Gasteiger partial charge on any atom is -0.343 e. The van der Waals surface area contributed by atoms with Gasteiger partial charge in [0.15, 0.2) is 5.82 Å². The summed E-state index contributed by atoms with van der Waals surface area (Å²) in [6.45, 7) is 7.13. The lowest BCUT2D eigenvalue weighted by molar-refractivity contribution is 0.0734. The number of nitrogens with one attached hydrogen (secondary N) is 1. The monoisotopic (exact) mass is 286 g/mol. The summed E-state index contributed by atoms with van der Waals surface area (Å²) in [5, 5.41) is 7.67. The van der Waals surface area contributed by atoms with Crippen LogP contribution in [0.15, 0.2) is 41.2 Å². The summed E-state index contributed by atoms with van der Waals surface area (Å²) in [4.78, 5) is 6.61. The SMILES string of the molecule is CCC1CNC(C)(c2ccccc2)CN1Cc1ncon1. The molecule has 1 fully saturated rings. The topological polar surface area (TPSA) is 54.2 Å². The first-order chi connectivity index (χ1) is 10.2. The summed E-state index contributed by atoms with van der Waals surface area (Å²) < 4.78 is 4.86. The third-order valence-electron chi connectivity index (χ3n) is 4.40. The Morgan fingerprint density at radius 3 is 2.86 bits per heavy atom. The highest BCUT2D eigenvalue weighted by Gasteiger charge is 2.36. The van der Waals surface area contributed by atoms with Crippen LogP contribution in [0.25, 0.3) is 0 Å². The van der Waals surface area contributed by atoms with Crippen molar-refractivity contribution in [1.82, 2.24) is 20.4 Å². The zero-order valence-corrected chi connectivity index (χ0v) is 12.6. The normalized spacial score (nSPS) is 26.9. The smallest absolute Gasteiger partial charge is 0.213 e. The van der Waals surface area contributed by atoms with E-state index in [2.05, 4.69) is 64.5 Å². The molecule has 2 atom stereocenters. The molecule has 2 aromatic rings. The van der Waals surface area contributed by atoms with Gasteiger partial charge in [0.25, 0.3) is 0 Å². The van der Waals surface area contributed by atoms with E-state index in [1.54, 1.807) is 0 Å². The number of hydrogen-bond donors (Lipinski definition) is 1. The van der Waals surface area contributed by atoms with E-state index in [-0.39, 0.29) is 5.54 Å². The predicted molar refractivity (Wildman–Crippen MR) is 80.6 cm³/mol. The van der Waals surface area contributed by atoms with Gasteiger partial charge in [-0.1, -0.05) is 42.4 Å². The van der Waals surface area contributed by atoms with Crippen LogP contribution in [-0.4, -0.2) is 34.2 Å². The molecule has 2 unspecified atom stereocenters. The second-order valence-corrected chi connectivity index (χ2v) is 5.89. The summed E-state index contributed by atoms with van der Waals surface area (Å²) in [5.74, 6) is 0.755. The Labute approximate surface area is 125 Å². The molecular weight excluding hydrogens is 264 g/mol. The fraction of sp³-hybridized carbons (Fsp3) is 0.500. The second-order valence-electron chi connectivity index (χ2n) is 5.89. The minimum absolute atomic E-state index is 0.0450. The summed E-state index contributed by atoms with van der Waals surface area (Å²) in [5.41, 5.74) is 1.27. The van der Waals surface area contributed by atoms with Gasteiger partial charge in [-0.2, -0.15) is 4.98 Å². The van der Waals surface area contributed by atoms with E-state index in [4.69, 9.17) is 4.52 Å². The van der Waals surface area contributed by atoms with E-state index in [1.165, 1.54) is 12.0 Å². The third-order valence-corrected chi connectivity index (χ3v) is 4.40. The van der Waals surface area contributed by atoms with Crippen molar-refractivity contribution in [1.29, 1.82) is 0 Å². The molecule has 0 spiro atoms. The van der Waals surface area contributed by atoms with E-state index in [1.807, 2.05) is 0 Å². The number of rotatable bonds is 4. The molecule has 5 nitrogen and oxygen atoms in total. The molecule has 3 rings (SSSR count). The molecule has 1 aromatic heterocycles. The molecule has 1 aliphatic rings. The molecule has 21 heavy (non-hydrogen) atoms. The molecule has 1 N–H and O–H groups in total. The molecule has 1 aromatic carbocycles. The fourth-order valence-corrected chi connectivity index (χ4v) is 3.09. The molecule has 0 radical (unpaired) electrons. The van der Waals surface area contributed by atoms with Crippen LogP contribution in [0.5, 0.6) is 0 Å². The van der Waals surface area contributed by atoms with Crippen molar-refractivity contribution in [2.75, 3.05) is 13.1 Å². The number of aromatic nitrogens is 2. The van der Waals surface area contributed by atoms with Gasteiger partial charge >= 0.3 is 0 Å². The lowest BCUT2D eigenvalue weighted by Gasteiger charge is -2.46. The van der Waals surface area contributed by atoms with Crippen molar-refractivity contribution in [2.24, 2.45) is 0 Å². The summed E-state index contributed by atoms with van der Waals surface area (Å²) >= 11 is 0. The van der Waals surface area contributed by atoms with Crippen molar-refractivity contribution < 1.29 is 4.52 Å². The summed E-state index contributed by atoms with van der Waals surface area (Å²) in [6.07, 6.45) is 2.50. The second kappa shape index (κ2) is 5.95. The van der Waals surface area contributed by atoms with Gasteiger partial charge in [0.2, 0.25) is 6.39 Å². The van der Waals surface area contributed by atoms with Crippen LogP contribution in [0.2, 0.25) is 0 Å². The molecule has 1 aliphatic heterocycles. The van der Waals surface area contributed by atoms with Gasteiger partial charge in [-0.15, -0.1) is 0 Å². The molecular formula is C16H22N4O. The first kappa shape index (κ1) is 14.2. The number of hydrogen-bond acceptors (Lipinski definition) is 5. The van der Waals surface area contributed by atoms with Gasteiger partial charge < -0.3 is 9.84 Å². The standard InChI is InChI=1S/C16H22N4O/c1-3-14-9-18-16(2,13-7-5-4-6-8-13)11-20(14)10-15-17-12-21-19-15/h4-8,12,14,18H,3,9-11H2,1-2H3. The number of nitrogens with zero attached hydrogens (tertiary/aromatic N) is 3. The lowest BCUT2D eigenvalue weighted by atomic mass is 9.88. The van der Waals surface area contributed by atoms with E-state index in [0.717, 1.165) is 31.9 Å². The highest BCUT2D eigenvalue weighted by Crippen LogP contribution is 2.27. The van der Waals surface area contributed by atoms with Gasteiger partial charge in [-0.25, -0.2) is 0 Å². The molecule has 0 saturated carbocycles. The molecule has 2 heterocycles. The van der Waals surface area contributed by atoms with Gasteiger partial charge in [0.05, 0.1) is 12.1 Å². The van der Waals surface area contributed by atoms with E-state index < -0.39 is 0 Å².